The van der Waals surface area contributed by atoms with Crippen LogP contribution in [0.25, 0.3) is 11.4 Å². The monoisotopic (exact) mass is 402 g/mol. The summed E-state index contributed by atoms with van der Waals surface area (Å²) in [5.74, 6) is 2.58. The Morgan fingerprint density at radius 3 is 2.75 bits per heavy atom. The molecule has 2 N–H and O–H groups in total. The number of guanidine groups is 1. The van der Waals surface area contributed by atoms with E-state index in [9.17, 15) is 0 Å². The molecule has 9 heteroatoms. The average Bonchev–Trinajstić information content (AvgIpc) is 3.34. The van der Waals surface area contributed by atoms with Crippen molar-refractivity contribution in [1.29, 1.82) is 0 Å². The third kappa shape index (κ3) is 5.32. The van der Waals surface area contributed by atoms with Gasteiger partial charge in [0.15, 0.2) is 11.7 Å². The highest BCUT2D eigenvalue weighted by molar-refractivity contribution is 6.30. The Labute approximate surface area is 168 Å². The molecule has 0 bridgehead atoms. The summed E-state index contributed by atoms with van der Waals surface area (Å²) in [7, 11) is 0. The van der Waals surface area contributed by atoms with Crippen LogP contribution in [0.1, 0.15) is 44.0 Å². The predicted molar refractivity (Wildman–Crippen MR) is 107 cm³/mol. The summed E-state index contributed by atoms with van der Waals surface area (Å²) in [5, 5.41) is 15.0. The van der Waals surface area contributed by atoms with Crippen molar-refractivity contribution >= 4 is 17.6 Å². The van der Waals surface area contributed by atoms with E-state index in [1.165, 1.54) is 0 Å². The van der Waals surface area contributed by atoms with Crippen LogP contribution in [-0.4, -0.2) is 27.8 Å². The van der Waals surface area contributed by atoms with Gasteiger partial charge in [0.05, 0.1) is 12.2 Å². The Balaban J connectivity index is 1.61. The van der Waals surface area contributed by atoms with Gasteiger partial charge in [-0.1, -0.05) is 47.9 Å². The lowest BCUT2D eigenvalue weighted by atomic mass is 10.1. The maximum absolute atomic E-state index is 6.01. The van der Waals surface area contributed by atoms with E-state index in [1.54, 1.807) is 12.1 Å². The third-order valence-electron chi connectivity index (χ3n) is 3.86. The molecule has 3 rings (SSSR count). The molecule has 0 saturated heterocycles. The second kappa shape index (κ2) is 9.36. The highest BCUT2D eigenvalue weighted by Gasteiger charge is 2.10. The molecular formula is C19H23ClN6O2. The summed E-state index contributed by atoms with van der Waals surface area (Å²) < 4.78 is 10.6. The summed E-state index contributed by atoms with van der Waals surface area (Å²) in [4.78, 5) is 8.89. The first kappa shape index (κ1) is 19.9. The van der Waals surface area contributed by atoms with Crippen LogP contribution >= 0.6 is 11.6 Å². The maximum Gasteiger partial charge on any atom is 0.246 e. The summed E-state index contributed by atoms with van der Waals surface area (Å²) in [6.07, 6.45) is 0. The van der Waals surface area contributed by atoms with Crippen LogP contribution in [0.15, 0.2) is 44.4 Å². The Morgan fingerprint density at radius 1 is 1.18 bits per heavy atom. The van der Waals surface area contributed by atoms with Crippen molar-refractivity contribution in [2.24, 2.45) is 4.99 Å². The second-order valence-corrected chi connectivity index (χ2v) is 6.88. The molecule has 2 aromatic heterocycles. The van der Waals surface area contributed by atoms with E-state index in [2.05, 4.69) is 44.8 Å². The van der Waals surface area contributed by atoms with Gasteiger partial charge in [-0.05, 0) is 25.0 Å². The zero-order valence-electron chi connectivity index (χ0n) is 16.1. The fraction of sp³-hybridized carbons (Fsp3) is 0.368. The minimum absolute atomic E-state index is 0.319. The van der Waals surface area contributed by atoms with E-state index < -0.39 is 0 Å². The zero-order valence-corrected chi connectivity index (χ0v) is 16.8. The predicted octanol–water partition coefficient (Wildman–Crippen LogP) is 3.76. The van der Waals surface area contributed by atoms with Crippen molar-refractivity contribution in [3.05, 3.63) is 52.7 Å². The number of hydrogen-bond acceptors (Lipinski definition) is 6. The SMILES string of the molecule is CCNC(=NCc1cc(C(C)C)no1)NCc1nc(-c2cccc(Cl)c2)no1. The highest BCUT2D eigenvalue weighted by atomic mass is 35.5. The molecule has 0 aliphatic rings. The van der Waals surface area contributed by atoms with Crippen LogP contribution in [0.4, 0.5) is 0 Å². The fourth-order valence-electron chi connectivity index (χ4n) is 2.41. The number of aliphatic imine (C=N–C) groups is 1. The average molecular weight is 403 g/mol. The zero-order chi connectivity index (χ0) is 19.9. The molecule has 0 aliphatic heterocycles. The quantitative estimate of drug-likeness (QED) is 0.458. The van der Waals surface area contributed by atoms with Gasteiger partial charge in [-0.15, -0.1) is 0 Å². The van der Waals surface area contributed by atoms with Crippen molar-refractivity contribution in [3.8, 4) is 11.4 Å². The van der Waals surface area contributed by atoms with Crippen LogP contribution in [0.2, 0.25) is 5.02 Å². The number of hydrogen-bond donors (Lipinski definition) is 2. The number of nitrogens with one attached hydrogen (secondary N) is 2. The topological polar surface area (TPSA) is 101 Å². The molecule has 8 nitrogen and oxygen atoms in total. The molecule has 0 unspecified atom stereocenters. The van der Waals surface area contributed by atoms with E-state index >= 15 is 0 Å². The Hall–Kier alpha value is -2.87. The van der Waals surface area contributed by atoms with E-state index in [1.807, 2.05) is 25.1 Å². The van der Waals surface area contributed by atoms with Gasteiger partial charge >= 0.3 is 0 Å². The van der Waals surface area contributed by atoms with Gasteiger partial charge in [-0.3, -0.25) is 0 Å². The van der Waals surface area contributed by atoms with Crippen molar-refractivity contribution in [3.63, 3.8) is 0 Å². The van der Waals surface area contributed by atoms with Gasteiger partial charge < -0.3 is 19.7 Å². The molecule has 28 heavy (non-hydrogen) atoms. The lowest BCUT2D eigenvalue weighted by molar-refractivity contribution is 0.373. The largest absolute Gasteiger partial charge is 0.359 e. The van der Waals surface area contributed by atoms with Crippen LogP contribution in [0.3, 0.4) is 0 Å². The van der Waals surface area contributed by atoms with Crippen LogP contribution in [-0.2, 0) is 13.1 Å². The molecule has 2 heterocycles. The molecule has 0 aliphatic carbocycles. The number of nitrogens with zero attached hydrogens (tertiary/aromatic N) is 4. The molecule has 1 aromatic carbocycles. The summed E-state index contributed by atoms with van der Waals surface area (Å²) >= 11 is 6.01. The number of rotatable bonds is 7. The minimum Gasteiger partial charge on any atom is -0.359 e. The number of aromatic nitrogens is 3. The summed E-state index contributed by atoms with van der Waals surface area (Å²) in [5.41, 5.74) is 1.72. The van der Waals surface area contributed by atoms with Gasteiger partial charge in [0.2, 0.25) is 11.7 Å². The fourth-order valence-corrected chi connectivity index (χ4v) is 2.60. The van der Waals surface area contributed by atoms with Crippen LogP contribution < -0.4 is 10.6 Å². The molecule has 0 amide bonds. The summed E-state index contributed by atoms with van der Waals surface area (Å²) in [6, 6.07) is 9.23. The van der Waals surface area contributed by atoms with Crippen molar-refractivity contribution in [2.45, 2.75) is 39.8 Å². The lowest BCUT2D eigenvalue weighted by Crippen LogP contribution is -2.36. The van der Waals surface area contributed by atoms with Gasteiger partial charge in [-0.25, -0.2) is 4.99 Å². The first-order valence-corrected chi connectivity index (χ1v) is 9.49. The number of halogens is 1. The first-order valence-electron chi connectivity index (χ1n) is 9.11. The Kier molecular flexibility index (Phi) is 6.65. The van der Waals surface area contributed by atoms with Gasteiger partial charge in [-0.2, -0.15) is 4.98 Å². The van der Waals surface area contributed by atoms with E-state index in [4.69, 9.17) is 20.6 Å². The summed E-state index contributed by atoms with van der Waals surface area (Å²) in [6.45, 7) is 7.57. The normalized spacial score (nSPS) is 11.8. The molecule has 0 atom stereocenters. The Morgan fingerprint density at radius 2 is 2.04 bits per heavy atom. The van der Waals surface area contributed by atoms with Crippen molar-refractivity contribution in [1.82, 2.24) is 25.9 Å². The first-order chi connectivity index (χ1) is 13.5. The molecule has 0 fully saturated rings. The van der Waals surface area contributed by atoms with E-state index in [0.717, 1.165) is 17.8 Å². The standard InChI is InChI=1S/C19H23ClN6O2/c1-4-21-19(22-10-15-9-16(12(2)3)25-27-15)23-11-17-24-18(26-28-17)13-6-5-7-14(20)8-13/h5-9,12H,4,10-11H2,1-3H3,(H2,21,22,23). The number of benzene rings is 1. The van der Waals surface area contributed by atoms with Crippen LogP contribution in [0.5, 0.6) is 0 Å². The van der Waals surface area contributed by atoms with E-state index in [0.29, 0.717) is 47.5 Å². The molecule has 3 aromatic rings. The second-order valence-electron chi connectivity index (χ2n) is 6.44. The van der Waals surface area contributed by atoms with Crippen molar-refractivity contribution < 1.29 is 9.05 Å². The molecule has 0 radical (unpaired) electrons. The third-order valence-corrected chi connectivity index (χ3v) is 4.10. The highest BCUT2D eigenvalue weighted by Crippen LogP contribution is 2.20. The molecule has 0 saturated carbocycles. The van der Waals surface area contributed by atoms with Gasteiger partial charge in [0.1, 0.15) is 6.54 Å². The van der Waals surface area contributed by atoms with Crippen molar-refractivity contribution in [2.75, 3.05) is 6.54 Å². The lowest BCUT2D eigenvalue weighted by Gasteiger charge is -2.08. The minimum atomic E-state index is 0.319. The molecule has 148 valence electrons. The molecular weight excluding hydrogens is 380 g/mol. The van der Waals surface area contributed by atoms with Gasteiger partial charge in [0.25, 0.3) is 0 Å². The maximum atomic E-state index is 6.01. The van der Waals surface area contributed by atoms with Crippen LogP contribution in [0, 0.1) is 0 Å². The van der Waals surface area contributed by atoms with E-state index in [-0.39, 0.29) is 0 Å². The smallest absolute Gasteiger partial charge is 0.246 e. The molecule has 0 spiro atoms. The van der Waals surface area contributed by atoms with Gasteiger partial charge in [0, 0.05) is 23.2 Å². The Bertz CT molecular complexity index is 934.